The van der Waals surface area contributed by atoms with E-state index in [9.17, 15) is 5.11 Å². The van der Waals surface area contributed by atoms with Crippen LogP contribution in [0.3, 0.4) is 0 Å². The van der Waals surface area contributed by atoms with E-state index in [0.29, 0.717) is 17.9 Å². The predicted octanol–water partition coefficient (Wildman–Crippen LogP) is 2.37. The maximum atomic E-state index is 10.2. The van der Waals surface area contributed by atoms with E-state index in [1.807, 2.05) is 30.3 Å². The number of methoxy groups -OCH3 is 2. The van der Waals surface area contributed by atoms with Gasteiger partial charge < -0.3 is 14.6 Å². The Balaban J connectivity index is 2.15. The fraction of sp³-hybridized carbons (Fsp3) is 0.267. The zero-order valence-electron chi connectivity index (χ0n) is 11.0. The van der Waals surface area contributed by atoms with E-state index in [1.165, 1.54) is 0 Å². The Labute approximate surface area is 112 Å². The van der Waals surface area contributed by atoms with E-state index in [-0.39, 0.29) is 0 Å². The van der Waals surface area contributed by atoms with Gasteiger partial charge in [-0.25, -0.2) is 0 Å². The molecule has 1 unspecified atom stereocenters. The van der Waals surface area contributed by atoms with Gasteiger partial charge in [-0.1, -0.05) is 6.07 Å². The fourth-order valence-electron chi connectivity index (χ4n) is 1.93. The van der Waals surface area contributed by atoms with Crippen LogP contribution in [0.5, 0.6) is 11.5 Å². The van der Waals surface area contributed by atoms with E-state index in [2.05, 4.69) is 4.98 Å². The molecule has 100 valence electrons. The Morgan fingerprint density at radius 2 is 1.74 bits per heavy atom. The smallest absolute Gasteiger partial charge is 0.160 e. The summed E-state index contributed by atoms with van der Waals surface area (Å²) in [6, 6.07) is 9.26. The summed E-state index contributed by atoms with van der Waals surface area (Å²) in [5, 5.41) is 10.2. The number of hydrogen-bond acceptors (Lipinski definition) is 4. The Morgan fingerprint density at radius 1 is 1.05 bits per heavy atom. The SMILES string of the molecule is COc1ccc(CC(O)c2ccncc2)cc1OC. The Hall–Kier alpha value is -2.07. The number of pyridine rings is 1. The molecule has 2 aromatic rings. The van der Waals surface area contributed by atoms with Crippen LogP contribution in [0, 0.1) is 0 Å². The average Bonchev–Trinajstić information content (AvgIpc) is 2.48. The van der Waals surface area contributed by atoms with Gasteiger partial charge in [0.05, 0.1) is 20.3 Å². The summed E-state index contributed by atoms with van der Waals surface area (Å²) in [7, 11) is 3.20. The van der Waals surface area contributed by atoms with Crippen molar-refractivity contribution in [1.82, 2.24) is 4.98 Å². The molecule has 1 aromatic carbocycles. The quantitative estimate of drug-likeness (QED) is 0.895. The largest absolute Gasteiger partial charge is 0.493 e. The van der Waals surface area contributed by atoms with Gasteiger partial charge >= 0.3 is 0 Å². The maximum absolute atomic E-state index is 10.2. The molecule has 1 N–H and O–H groups in total. The fourth-order valence-corrected chi connectivity index (χ4v) is 1.93. The first kappa shape index (κ1) is 13.4. The maximum Gasteiger partial charge on any atom is 0.160 e. The summed E-state index contributed by atoms with van der Waals surface area (Å²) >= 11 is 0. The Morgan fingerprint density at radius 3 is 2.37 bits per heavy atom. The van der Waals surface area contributed by atoms with Crippen molar-refractivity contribution in [3.63, 3.8) is 0 Å². The molecule has 0 spiro atoms. The van der Waals surface area contributed by atoms with Gasteiger partial charge in [0.15, 0.2) is 11.5 Å². The number of ether oxygens (including phenoxy) is 2. The minimum atomic E-state index is -0.555. The zero-order valence-corrected chi connectivity index (χ0v) is 11.0. The van der Waals surface area contributed by atoms with Gasteiger partial charge in [-0.15, -0.1) is 0 Å². The number of rotatable bonds is 5. The molecule has 4 nitrogen and oxygen atoms in total. The van der Waals surface area contributed by atoms with Crippen LogP contribution in [-0.2, 0) is 6.42 Å². The third kappa shape index (κ3) is 3.23. The van der Waals surface area contributed by atoms with Crippen molar-refractivity contribution in [2.75, 3.05) is 14.2 Å². The van der Waals surface area contributed by atoms with Crippen molar-refractivity contribution >= 4 is 0 Å². The lowest BCUT2D eigenvalue weighted by Gasteiger charge is -2.13. The molecule has 0 saturated heterocycles. The summed E-state index contributed by atoms with van der Waals surface area (Å²) < 4.78 is 10.4. The van der Waals surface area contributed by atoms with Gasteiger partial charge in [0, 0.05) is 18.8 Å². The van der Waals surface area contributed by atoms with Crippen molar-refractivity contribution in [2.45, 2.75) is 12.5 Å². The van der Waals surface area contributed by atoms with E-state index >= 15 is 0 Å². The summed E-state index contributed by atoms with van der Waals surface area (Å²) in [4.78, 5) is 3.94. The molecule has 0 amide bonds. The van der Waals surface area contributed by atoms with Crippen LogP contribution in [0.4, 0.5) is 0 Å². The van der Waals surface area contributed by atoms with Gasteiger partial charge in [0.1, 0.15) is 0 Å². The zero-order chi connectivity index (χ0) is 13.7. The third-order valence-corrected chi connectivity index (χ3v) is 2.97. The highest BCUT2D eigenvalue weighted by Gasteiger charge is 2.10. The van der Waals surface area contributed by atoms with E-state index in [0.717, 1.165) is 11.1 Å². The Bertz CT molecular complexity index is 528. The molecule has 0 aliphatic carbocycles. The van der Waals surface area contributed by atoms with E-state index in [1.54, 1.807) is 26.6 Å². The van der Waals surface area contributed by atoms with Gasteiger partial charge in [0.25, 0.3) is 0 Å². The van der Waals surface area contributed by atoms with Gasteiger partial charge in [-0.3, -0.25) is 4.98 Å². The number of aliphatic hydroxyl groups is 1. The average molecular weight is 259 g/mol. The number of benzene rings is 1. The van der Waals surface area contributed by atoms with Crippen molar-refractivity contribution in [3.8, 4) is 11.5 Å². The van der Waals surface area contributed by atoms with Crippen LogP contribution in [-0.4, -0.2) is 24.3 Å². The molecule has 0 bridgehead atoms. The molecular formula is C15H17NO3. The van der Waals surface area contributed by atoms with Crippen LogP contribution in [0.1, 0.15) is 17.2 Å². The van der Waals surface area contributed by atoms with Crippen molar-refractivity contribution in [1.29, 1.82) is 0 Å². The third-order valence-electron chi connectivity index (χ3n) is 2.97. The number of nitrogens with zero attached hydrogens (tertiary/aromatic N) is 1. The van der Waals surface area contributed by atoms with Crippen LogP contribution < -0.4 is 9.47 Å². The van der Waals surface area contributed by atoms with Crippen LogP contribution in [0.2, 0.25) is 0 Å². The summed E-state index contributed by atoms with van der Waals surface area (Å²) in [5.74, 6) is 1.35. The first-order chi connectivity index (χ1) is 9.24. The second kappa shape index (κ2) is 6.20. The standard InChI is InChI=1S/C15H17NO3/c1-18-14-4-3-11(10-15(14)19-2)9-13(17)12-5-7-16-8-6-12/h3-8,10,13,17H,9H2,1-2H3. The highest BCUT2D eigenvalue weighted by atomic mass is 16.5. The summed E-state index contributed by atoms with van der Waals surface area (Å²) in [6.07, 6.45) is 3.31. The number of hydrogen-bond donors (Lipinski definition) is 1. The van der Waals surface area contributed by atoms with Crippen molar-refractivity contribution < 1.29 is 14.6 Å². The molecule has 1 heterocycles. The highest BCUT2D eigenvalue weighted by molar-refractivity contribution is 5.43. The second-order valence-corrected chi connectivity index (χ2v) is 4.19. The lowest BCUT2D eigenvalue weighted by atomic mass is 10.0. The molecule has 0 radical (unpaired) electrons. The molecule has 0 aliphatic heterocycles. The lowest BCUT2D eigenvalue weighted by molar-refractivity contribution is 0.178. The normalized spacial score (nSPS) is 11.9. The minimum absolute atomic E-state index is 0.518. The van der Waals surface area contributed by atoms with Crippen molar-refractivity contribution in [2.24, 2.45) is 0 Å². The molecular weight excluding hydrogens is 242 g/mol. The molecule has 1 atom stereocenters. The van der Waals surface area contributed by atoms with E-state index < -0.39 is 6.10 Å². The van der Waals surface area contributed by atoms with Crippen LogP contribution >= 0.6 is 0 Å². The molecule has 19 heavy (non-hydrogen) atoms. The molecule has 0 saturated carbocycles. The summed E-state index contributed by atoms with van der Waals surface area (Å²) in [5.41, 5.74) is 1.84. The number of aliphatic hydroxyl groups excluding tert-OH is 1. The first-order valence-corrected chi connectivity index (χ1v) is 6.03. The van der Waals surface area contributed by atoms with Gasteiger partial charge in [-0.05, 0) is 35.4 Å². The van der Waals surface area contributed by atoms with Crippen LogP contribution in [0.15, 0.2) is 42.7 Å². The predicted molar refractivity (Wildman–Crippen MR) is 72.4 cm³/mol. The van der Waals surface area contributed by atoms with Crippen molar-refractivity contribution in [3.05, 3.63) is 53.9 Å². The second-order valence-electron chi connectivity index (χ2n) is 4.19. The molecule has 4 heteroatoms. The summed E-state index contributed by atoms with van der Waals surface area (Å²) in [6.45, 7) is 0. The van der Waals surface area contributed by atoms with Crippen LogP contribution in [0.25, 0.3) is 0 Å². The topological polar surface area (TPSA) is 51.6 Å². The minimum Gasteiger partial charge on any atom is -0.493 e. The van der Waals surface area contributed by atoms with E-state index in [4.69, 9.17) is 9.47 Å². The monoisotopic (exact) mass is 259 g/mol. The molecule has 2 rings (SSSR count). The first-order valence-electron chi connectivity index (χ1n) is 6.03. The van der Waals surface area contributed by atoms with Gasteiger partial charge in [0.2, 0.25) is 0 Å². The molecule has 0 fully saturated rings. The number of aromatic nitrogens is 1. The highest BCUT2D eigenvalue weighted by Crippen LogP contribution is 2.29. The lowest BCUT2D eigenvalue weighted by Crippen LogP contribution is -2.02. The molecule has 0 aliphatic rings. The molecule has 1 aromatic heterocycles. The van der Waals surface area contributed by atoms with Gasteiger partial charge in [-0.2, -0.15) is 0 Å². The Kier molecular flexibility index (Phi) is 4.36.